The summed E-state index contributed by atoms with van der Waals surface area (Å²) in [5, 5.41) is 2.88. The predicted molar refractivity (Wildman–Crippen MR) is 89.8 cm³/mol. The summed E-state index contributed by atoms with van der Waals surface area (Å²) in [4.78, 5) is 8.89. The van der Waals surface area contributed by atoms with Crippen molar-refractivity contribution >= 4 is 57.2 Å². The van der Waals surface area contributed by atoms with Crippen LogP contribution in [0, 0.1) is 0 Å². The van der Waals surface area contributed by atoms with Gasteiger partial charge in [0.1, 0.15) is 5.82 Å². The zero-order valence-corrected chi connectivity index (χ0v) is 14.3. The molecule has 0 bridgehead atoms. The Hall–Kier alpha value is -0.810. The third kappa shape index (κ3) is 3.04. The smallest absolute Gasteiger partial charge is 0.127 e. The Morgan fingerprint density at radius 2 is 2.05 bits per heavy atom. The van der Waals surface area contributed by atoms with E-state index in [0.29, 0.717) is 10.0 Å². The second-order valence-electron chi connectivity index (χ2n) is 4.72. The van der Waals surface area contributed by atoms with Crippen LogP contribution in [0.1, 0.15) is 23.8 Å². The van der Waals surface area contributed by atoms with Crippen molar-refractivity contribution < 1.29 is 0 Å². The third-order valence-corrected chi connectivity index (χ3v) is 4.80. The molecule has 2 aromatic heterocycles. The molecule has 0 spiro atoms. The maximum absolute atomic E-state index is 6.26. The molecule has 0 saturated heterocycles. The largest absolute Gasteiger partial charge is 0.326 e. The molecule has 3 rings (SSSR count). The highest BCUT2D eigenvalue weighted by Crippen LogP contribution is 2.31. The van der Waals surface area contributed by atoms with Gasteiger partial charge in [0.05, 0.1) is 37.7 Å². The Bertz CT molecular complexity index is 765. The van der Waals surface area contributed by atoms with Gasteiger partial charge in [0, 0.05) is 18.3 Å². The van der Waals surface area contributed by atoms with Crippen LogP contribution in [-0.4, -0.2) is 14.5 Å². The average Bonchev–Trinajstić information content (AvgIpc) is 3.05. The summed E-state index contributed by atoms with van der Waals surface area (Å²) in [6, 6.07) is 3.62. The standard InChI is InChI=1S/C14H12Cl3N3S/c1-8(15)14-19-12-4-10(16)11(17)5-13(12)20(14)3-2-9-6-21-7-18-9/h4-8H,2-3H2,1H3. The molecule has 21 heavy (non-hydrogen) atoms. The molecule has 0 aliphatic heterocycles. The van der Waals surface area contributed by atoms with E-state index in [1.807, 2.05) is 23.9 Å². The molecule has 0 N–H and O–H groups in total. The Labute approximate surface area is 141 Å². The number of hydrogen-bond donors (Lipinski definition) is 0. The molecule has 1 unspecified atom stereocenters. The SMILES string of the molecule is CC(Cl)c1nc2cc(Cl)c(Cl)cc2n1CCc1cscn1. The highest BCUT2D eigenvalue weighted by Gasteiger charge is 2.16. The second-order valence-corrected chi connectivity index (χ2v) is 6.91. The molecule has 0 aliphatic carbocycles. The van der Waals surface area contributed by atoms with E-state index in [0.717, 1.165) is 35.5 Å². The summed E-state index contributed by atoms with van der Waals surface area (Å²) >= 11 is 20.0. The molecular formula is C14H12Cl3N3S. The number of alkyl halides is 1. The number of nitrogens with zero attached hydrogens (tertiary/aromatic N) is 3. The third-order valence-electron chi connectivity index (χ3n) is 3.25. The number of rotatable bonds is 4. The minimum atomic E-state index is -0.189. The first-order chi connectivity index (χ1) is 10.1. The van der Waals surface area contributed by atoms with Gasteiger partial charge in [-0.2, -0.15) is 0 Å². The Morgan fingerprint density at radius 3 is 2.71 bits per heavy atom. The Morgan fingerprint density at radius 1 is 1.29 bits per heavy atom. The van der Waals surface area contributed by atoms with Crippen LogP contribution in [-0.2, 0) is 13.0 Å². The van der Waals surface area contributed by atoms with E-state index in [-0.39, 0.29) is 5.38 Å². The van der Waals surface area contributed by atoms with E-state index < -0.39 is 0 Å². The maximum Gasteiger partial charge on any atom is 0.127 e. The molecule has 0 amide bonds. The first kappa shape index (κ1) is 15.1. The van der Waals surface area contributed by atoms with Crippen molar-refractivity contribution in [3.05, 3.63) is 44.6 Å². The molecule has 1 atom stereocenters. The number of imidazole rings is 1. The topological polar surface area (TPSA) is 30.7 Å². The number of hydrogen-bond acceptors (Lipinski definition) is 3. The highest BCUT2D eigenvalue weighted by molar-refractivity contribution is 7.07. The molecule has 0 radical (unpaired) electrons. The van der Waals surface area contributed by atoms with Gasteiger partial charge in [0.2, 0.25) is 0 Å². The van der Waals surface area contributed by atoms with E-state index in [1.165, 1.54) is 0 Å². The lowest BCUT2D eigenvalue weighted by Gasteiger charge is -2.10. The Kier molecular flexibility index (Phi) is 4.41. The molecule has 1 aromatic carbocycles. The maximum atomic E-state index is 6.26. The van der Waals surface area contributed by atoms with Crippen molar-refractivity contribution in [2.45, 2.75) is 25.3 Å². The summed E-state index contributed by atoms with van der Waals surface area (Å²) in [6.45, 7) is 2.66. The van der Waals surface area contributed by atoms with Gasteiger partial charge in [0.15, 0.2) is 0 Å². The summed E-state index contributed by atoms with van der Waals surface area (Å²) in [7, 11) is 0. The summed E-state index contributed by atoms with van der Waals surface area (Å²) in [5.41, 5.74) is 4.66. The van der Waals surface area contributed by atoms with E-state index in [1.54, 1.807) is 17.4 Å². The second kappa shape index (κ2) is 6.13. The predicted octanol–water partition coefficient (Wildman–Crippen LogP) is 5.34. The van der Waals surface area contributed by atoms with Gasteiger partial charge in [0.25, 0.3) is 0 Å². The van der Waals surface area contributed by atoms with E-state index in [9.17, 15) is 0 Å². The van der Waals surface area contributed by atoms with E-state index in [2.05, 4.69) is 14.5 Å². The quantitative estimate of drug-likeness (QED) is 0.588. The Balaban J connectivity index is 2.04. The van der Waals surface area contributed by atoms with Crippen LogP contribution in [0.25, 0.3) is 11.0 Å². The molecular weight excluding hydrogens is 349 g/mol. The molecule has 2 heterocycles. The number of aromatic nitrogens is 3. The molecule has 0 saturated carbocycles. The van der Waals surface area contributed by atoms with Gasteiger partial charge in [-0.25, -0.2) is 9.97 Å². The van der Waals surface area contributed by atoms with E-state index >= 15 is 0 Å². The van der Waals surface area contributed by atoms with Crippen molar-refractivity contribution in [1.29, 1.82) is 0 Å². The monoisotopic (exact) mass is 359 g/mol. The van der Waals surface area contributed by atoms with E-state index in [4.69, 9.17) is 34.8 Å². The van der Waals surface area contributed by atoms with Crippen molar-refractivity contribution in [2.75, 3.05) is 0 Å². The lowest BCUT2D eigenvalue weighted by atomic mass is 10.3. The van der Waals surface area contributed by atoms with Crippen molar-refractivity contribution in [3.63, 3.8) is 0 Å². The van der Waals surface area contributed by atoms with Gasteiger partial charge in [-0.1, -0.05) is 23.2 Å². The summed E-state index contributed by atoms with van der Waals surface area (Å²) in [5.74, 6) is 0.820. The van der Waals surface area contributed by atoms with Crippen LogP contribution < -0.4 is 0 Å². The first-order valence-electron chi connectivity index (χ1n) is 6.42. The molecule has 3 nitrogen and oxygen atoms in total. The summed E-state index contributed by atoms with van der Waals surface area (Å²) < 4.78 is 2.09. The van der Waals surface area contributed by atoms with Gasteiger partial charge < -0.3 is 4.57 Å². The zero-order chi connectivity index (χ0) is 15.0. The minimum absolute atomic E-state index is 0.189. The summed E-state index contributed by atoms with van der Waals surface area (Å²) in [6.07, 6.45) is 0.825. The molecule has 3 aromatic rings. The van der Waals surface area contributed by atoms with Crippen molar-refractivity contribution in [2.24, 2.45) is 0 Å². The highest BCUT2D eigenvalue weighted by atomic mass is 35.5. The molecule has 0 fully saturated rings. The van der Waals surface area contributed by atoms with Crippen LogP contribution in [0.3, 0.4) is 0 Å². The first-order valence-corrected chi connectivity index (χ1v) is 8.56. The number of aryl methyl sites for hydroxylation is 2. The average molecular weight is 361 g/mol. The lowest BCUT2D eigenvalue weighted by Crippen LogP contribution is -2.07. The molecule has 110 valence electrons. The fourth-order valence-electron chi connectivity index (χ4n) is 2.26. The lowest BCUT2D eigenvalue weighted by molar-refractivity contribution is 0.662. The van der Waals surface area contributed by atoms with Crippen molar-refractivity contribution in [3.8, 4) is 0 Å². The van der Waals surface area contributed by atoms with Gasteiger partial charge in [-0.15, -0.1) is 22.9 Å². The van der Waals surface area contributed by atoms with Crippen LogP contribution in [0.2, 0.25) is 10.0 Å². The number of benzene rings is 1. The van der Waals surface area contributed by atoms with Gasteiger partial charge in [-0.05, 0) is 19.1 Å². The normalized spacial score (nSPS) is 13.0. The number of fused-ring (bicyclic) bond motifs is 1. The van der Waals surface area contributed by atoms with Gasteiger partial charge in [-0.3, -0.25) is 0 Å². The van der Waals surface area contributed by atoms with Crippen molar-refractivity contribution in [1.82, 2.24) is 14.5 Å². The molecule has 0 aliphatic rings. The number of thiazole rings is 1. The van der Waals surface area contributed by atoms with Crippen LogP contribution >= 0.6 is 46.1 Å². The number of halogens is 3. The van der Waals surface area contributed by atoms with Crippen LogP contribution in [0.5, 0.6) is 0 Å². The molecule has 7 heteroatoms. The van der Waals surface area contributed by atoms with Gasteiger partial charge >= 0.3 is 0 Å². The zero-order valence-electron chi connectivity index (χ0n) is 11.2. The fourth-order valence-corrected chi connectivity index (χ4v) is 3.34. The minimum Gasteiger partial charge on any atom is -0.326 e. The van der Waals surface area contributed by atoms with Crippen LogP contribution in [0.4, 0.5) is 0 Å². The van der Waals surface area contributed by atoms with Crippen LogP contribution in [0.15, 0.2) is 23.0 Å². The fraction of sp³-hybridized carbons (Fsp3) is 0.286.